The maximum absolute atomic E-state index is 10.6. The molecule has 6 nitrogen and oxygen atoms in total. The molecule has 3 N–H and O–H groups in total. The molecule has 19 heavy (non-hydrogen) atoms. The van der Waals surface area contributed by atoms with Crippen LogP contribution < -0.4 is 10.6 Å². The molecule has 0 fully saturated rings. The van der Waals surface area contributed by atoms with E-state index in [4.69, 9.17) is 28.3 Å². The van der Waals surface area contributed by atoms with Crippen LogP contribution in [0.15, 0.2) is 12.1 Å². The molecule has 0 bridgehead atoms. The molecule has 8 heteroatoms. The lowest BCUT2D eigenvalue weighted by Crippen LogP contribution is -2.29. The summed E-state index contributed by atoms with van der Waals surface area (Å²) < 4.78 is 0. The summed E-state index contributed by atoms with van der Waals surface area (Å²) >= 11 is 11.9. The Morgan fingerprint density at radius 2 is 1.95 bits per heavy atom. The van der Waals surface area contributed by atoms with Crippen LogP contribution in [0.25, 0.3) is 0 Å². The van der Waals surface area contributed by atoms with Gasteiger partial charge in [0.15, 0.2) is 0 Å². The fraction of sp³-hybridized carbons (Fsp3) is 0.455. The normalized spacial score (nSPS) is 12.2. The van der Waals surface area contributed by atoms with E-state index in [9.17, 15) is 10.1 Å². The minimum absolute atomic E-state index is 0.146. The molecule has 1 rings (SSSR count). The number of nitrogens with one attached hydrogen (secondary N) is 2. The second kappa shape index (κ2) is 7.49. The van der Waals surface area contributed by atoms with Crippen molar-refractivity contribution < 1.29 is 10.0 Å². The number of nitro benzene ring substituents is 1. The standard InChI is InChI=1S/C11H15Cl2N3O3/c1-7(17)6-14-2-3-15-11-9(12)4-8(16(18)19)5-10(11)13/h4-5,7,14-15,17H,2-3,6H2,1H3. The minimum atomic E-state index is -0.550. The summed E-state index contributed by atoms with van der Waals surface area (Å²) in [6.45, 7) is 3.31. The highest BCUT2D eigenvalue weighted by atomic mass is 35.5. The van der Waals surface area contributed by atoms with Crippen LogP contribution in [-0.4, -0.2) is 35.8 Å². The summed E-state index contributed by atoms with van der Waals surface area (Å²) in [5.74, 6) is 0. The van der Waals surface area contributed by atoms with Crippen molar-refractivity contribution in [3.63, 3.8) is 0 Å². The monoisotopic (exact) mass is 307 g/mol. The fourth-order valence-electron chi connectivity index (χ4n) is 1.42. The van der Waals surface area contributed by atoms with E-state index in [-0.39, 0.29) is 15.7 Å². The first kappa shape index (κ1) is 16.0. The molecule has 0 saturated heterocycles. The highest BCUT2D eigenvalue weighted by molar-refractivity contribution is 6.39. The van der Waals surface area contributed by atoms with Gasteiger partial charge in [0.05, 0.1) is 26.8 Å². The maximum Gasteiger partial charge on any atom is 0.272 e. The van der Waals surface area contributed by atoms with E-state index in [2.05, 4.69) is 10.6 Å². The van der Waals surface area contributed by atoms with Crippen LogP contribution in [0.3, 0.4) is 0 Å². The number of anilines is 1. The van der Waals surface area contributed by atoms with E-state index in [0.717, 1.165) is 0 Å². The minimum Gasteiger partial charge on any atom is -0.392 e. The van der Waals surface area contributed by atoms with E-state index < -0.39 is 11.0 Å². The highest BCUT2D eigenvalue weighted by Gasteiger charge is 2.14. The third kappa shape index (κ3) is 5.20. The zero-order valence-corrected chi connectivity index (χ0v) is 11.8. The Morgan fingerprint density at radius 3 is 2.42 bits per heavy atom. The number of benzene rings is 1. The maximum atomic E-state index is 10.6. The summed E-state index contributed by atoms with van der Waals surface area (Å²) in [5, 5.41) is 26.1. The van der Waals surface area contributed by atoms with E-state index in [1.54, 1.807) is 6.92 Å². The van der Waals surface area contributed by atoms with Gasteiger partial charge in [-0.25, -0.2) is 0 Å². The van der Waals surface area contributed by atoms with Gasteiger partial charge < -0.3 is 15.7 Å². The van der Waals surface area contributed by atoms with Crippen molar-refractivity contribution in [3.8, 4) is 0 Å². The van der Waals surface area contributed by atoms with E-state index in [1.807, 2.05) is 0 Å². The molecule has 0 heterocycles. The molecule has 0 aromatic heterocycles. The van der Waals surface area contributed by atoms with E-state index in [1.165, 1.54) is 12.1 Å². The average molecular weight is 308 g/mol. The van der Waals surface area contributed by atoms with Gasteiger partial charge in [-0.2, -0.15) is 0 Å². The molecule has 0 amide bonds. The van der Waals surface area contributed by atoms with Crippen molar-refractivity contribution in [2.24, 2.45) is 0 Å². The smallest absolute Gasteiger partial charge is 0.272 e. The largest absolute Gasteiger partial charge is 0.392 e. The van der Waals surface area contributed by atoms with Gasteiger partial charge in [-0.1, -0.05) is 23.2 Å². The second-order valence-corrected chi connectivity index (χ2v) is 4.84. The first-order chi connectivity index (χ1) is 8.91. The van der Waals surface area contributed by atoms with Crippen molar-refractivity contribution in [1.82, 2.24) is 5.32 Å². The van der Waals surface area contributed by atoms with Crippen LogP contribution in [0.5, 0.6) is 0 Å². The zero-order chi connectivity index (χ0) is 14.4. The van der Waals surface area contributed by atoms with Crippen molar-refractivity contribution in [2.45, 2.75) is 13.0 Å². The van der Waals surface area contributed by atoms with Gasteiger partial charge in [0.1, 0.15) is 0 Å². The van der Waals surface area contributed by atoms with Crippen molar-refractivity contribution >= 4 is 34.6 Å². The summed E-state index contributed by atoms with van der Waals surface area (Å²) in [6, 6.07) is 2.50. The number of non-ortho nitro benzene ring substituents is 1. The molecule has 0 aliphatic carbocycles. The van der Waals surface area contributed by atoms with Crippen LogP contribution in [0, 0.1) is 10.1 Å². The number of hydrogen-bond donors (Lipinski definition) is 3. The predicted molar refractivity (Wildman–Crippen MR) is 76.2 cm³/mol. The van der Waals surface area contributed by atoms with E-state index >= 15 is 0 Å². The lowest BCUT2D eigenvalue weighted by atomic mass is 10.2. The Bertz CT molecular complexity index is 432. The van der Waals surface area contributed by atoms with Gasteiger partial charge in [0.2, 0.25) is 0 Å². The number of aliphatic hydroxyl groups excluding tert-OH is 1. The quantitative estimate of drug-likeness (QED) is 0.409. The number of rotatable bonds is 7. The molecular formula is C11H15Cl2N3O3. The van der Waals surface area contributed by atoms with Gasteiger partial charge in [-0.15, -0.1) is 0 Å². The van der Waals surface area contributed by atoms with Gasteiger partial charge in [0, 0.05) is 31.8 Å². The first-order valence-corrected chi connectivity index (χ1v) is 6.43. The highest BCUT2D eigenvalue weighted by Crippen LogP contribution is 2.34. The number of nitrogens with zero attached hydrogens (tertiary/aromatic N) is 1. The third-order valence-corrected chi connectivity index (χ3v) is 2.88. The molecule has 0 saturated carbocycles. The molecular weight excluding hydrogens is 293 g/mol. The summed E-state index contributed by atoms with van der Waals surface area (Å²) in [7, 11) is 0. The van der Waals surface area contributed by atoms with Gasteiger partial charge in [-0.05, 0) is 6.92 Å². The molecule has 1 atom stereocenters. The van der Waals surface area contributed by atoms with Crippen LogP contribution in [0.4, 0.5) is 11.4 Å². The second-order valence-electron chi connectivity index (χ2n) is 4.02. The van der Waals surface area contributed by atoms with E-state index in [0.29, 0.717) is 25.3 Å². The lowest BCUT2D eigenvalue weighted by Gasteiger charge is -2.11. The Hall–Kier alpha value is -1.08. The summed E-state index contributed by atoms with van der Waals surface area (Å²) in [5.41, 5.74) is 0.320. The molecule has 0 radical (unpaired) electrons. The van der Waals surface area contributed by atoms with Crippen molar-refractivity contribution in [2.75, 3.05) is 25.0 Å². The average Bonchev–Trinajstić information content (AvgIpc) is 2.30. The van der Waals surface area contributed by atoms with Crippen LogP contribution in [0.1, 0.15) is 6.92 Å². The Labute approximate surface area is 120 Å². The molecule has 1 aromatic rings. The molecule has 0 aliphatic rings. The van der Waals surface area contributed by atoms with Crippen molar-refractivity contribution in [3.05, 3.63) is 32.3 Å². The number of aliphatic hydroxyl groups is 1. The Balaban J connectivity index is 2.57. The summed E-state index contributed by atoms with van der Waals surface area (Å²) in [4.78, 5) is 10.1. The zero-order valence-electron chi connectivity index (χ0n) is 10.3. The Kier molecular flexibility index (Phi) is 6.30. The number of nitro groups is 1. The first-order valence-electron chi connectivity index (χ1n) is 5.68. The number of halogens is 2. The molecule has 1 unspecified atom stereocenters. The van der Waals surface area contributed by atoms with Gasteiger partial charge >= 0.3 is 0 Å². The molecule has 1 aromatic carbocycles. The van der Waals surface area contributed by atoms with Gasteiger partial charge in [0.25, 0.3) is 5.69 Å². The number of hydrogen-bond acceptors (Lipinski definition) is 5. The Morgan fingerprint density at radius 1 is 1.37 bits per heavy atom. The third-order valence-electron chi connectivity index (χ3n) is 2.28. The van der Waals surface area contributed by atoms with Gasteiger partial charge in [-0.3, -0.25) is 10.1 Å². The SMILES string of the molecule is CC(O)CNCCNc1c(Cl)cc([N+](=O)[O-])cc1Cl. The van der Waals surface area contributed by atoms with Crippen molar-refractivity contribution in [1.29, 1.82) is 0 Å². The van der Waals surface area contributed by atoms with Crippen LogP contribution in [0.2, 0.25) is 10.0 Å². The predicted octanol–water partition coefficient (Wildman–Crippen LogP) is 2.28. The molecule has 106 valence electrons. The summed E-state index contributed by atoms with van der Waals surface area (Å²) in [6.07, 6.45) is -0.411. The fourth-order valence-corrected chi connectivity index (χ4v) is 2.03. The topological polar surface area (TPSA) is 87.4 Å². The lowest BCUT2D eigenvalue weighted by molar-refractivity contribution is -0.384. The molecule has 0 spiro atoms. The molecule has 0 aliphatic heterocycles. The van der Waals surface area contributed by atoms with Crippen LogP contribution >= 0.6 is 23.2 Å². The van der Waals surface area contributed by atoms with Crippen LogP contribution in [-0.2, 0) is 0 Å².